The van der Waals surface area contributed by atoms with Crippen molar-refractivity contribution < 1.29 is 8.78 Å². The quantitative estimate of drug-likeness (QED) is 0.796. The molecule has 0 aliphatic heterocycles. The Morgan fingerprint density at radius 3 is 2.44 bits per heavy atom. The maximum atomic E-state index is 14.2. The fourth-order valence-corrected chi connectivity index (χ4v) is 2.09. The highest BCUT2D eigenvalue weighted by atomic mass is 19.1. The number of nitrogens with one attached hydrogen (secondary N) is 1. The molecule has 0 saturated carbocycles. The largest absolute Gasteiger partial charge is 0.310 e. The lowest BCUT2D eigenvalue weighted by Crippen LogP contribution is -2.29. The maximum absolute atomic E-state index is 14.2. The molecule has 2 atom stereocenters. The molecule has 0 radical (unpaired) electrons. The number of aryl methyl sites for hydroxylation is 1. The molecular weight excluding hydrogens is 232 g/mol. The van der Waals surface area contributed by atoms with Crippen LogP contribution in [0.4, 0.5) is 8.78 Å². The van der Waals surface area contributed by atoms with Gasteiger partial charge in [-0.1, -0.05) is 33.3 Å². The molecule has 0 spiro atoms. The van der Waals surface area contributed by atoms with E-state index in [1.807, 2.05) is 20.8 Å². The van der Waals surface area contributed by atoms with Gasteiger partial charge in [0.1, 0.15) is 11.6 Å². The number of rotatable bonds is 6. The van der Waals surface area contributed by atoms with Gasteiger partial charge in [0.15, 0.2) is 0 Å². The van der Waals surface area contributed by atoms with Crippen LogP contribution in [0, 0.1) is 24.5 Å². The van der Waals surface area contributed by atoms with Gasteiger partial charge in [-0.2, -0.15) is 0 Å². The van der Waals surface area contributed by atoms with E-state index < -0.39 is 11.6 Å². The van der Waals surface area contributed by atoms with E-state index >= 15 is 0 Å². The van der Waals surface area contributed by atoms with Crippen LogP contribution in [0.3, 0.4) is 0 Å². The molecule has 1 aromatic rings. The molecule has 0 aliphatic carbocycles. The van der Waals surface area contributed by atoms with Crippen LogP contribution in [-0.4, -0.2) is 6.54 Å². The van der Waals surface area contributed by atoms with Crippen LogP contribution in [0.15, 0.2) is 12.1 Å². The molecule has 1 N–H and O–H groups in total. The van der Waals surface area contributed by atoms with Gasteiger partial charge in [-0.15, -0.1) is 0 Å². The molecule has 3 heteroatoms. The van der Waals surface area contributed by atoms with Gasteiger partial charge < -0.3 is 5.32 Å². The van der Waals surface area contributed by atoms with Gasteiger partial charge in [0.2, 0.25) is 0 Å². The second kappa shape index (κ2) is 6.83. The first-order valence-corrected chi connectivity index (χ1v) is 6.70. The molecule has 0 aromatic heterocycles. The zero-order chi connectivity index (χ0) is 13.7. The maximum Gasteiger partial charge on any atom is 0.133 e. The van der Waals surface area contributed by atoms with Crippen molar-refractivity contribution >= 4 is 0 Å². The van der Waals surface area contributed by atoms with Crippen LogP contribution < -0.4 is 5.32 Å². The van der Waals surface area contributed by atoms with Crippen LogP contribution in [0.1, 0.15) is 50.8 Å². The third-order valence-corrected chi connectivity index (χ3v) is 3.46. The third-order valence-electron chi connectivity index (χ3n) is 3.46. The predicted octanol–water partition coefficient (Wildman–Crippen LogP) is 4.36. The van der Waals surface area contributed by atoms with Crippen molar-refractivity contribution in [2.24, 2.45) is 5.92 Å². The second-order valence-electron chi connectivity index (χ2n) is 4.91. The molecule has 1 nitrogen and oxygen atoms in total. The van der Waals surface area contributed by atoms with Crippen molar-refractivity contribution in [2.75, 3.05) is 6.54 Å². The molecule has 0 heterocycles. The molecule has 102 valence electrons. The fourth-order valence-electron chi connectivity index (χ4n) is 2.09. The monoisotopic (exact) mass is 255 g/mol. The first-order chi connectivity index (χ1) is 8.52. The average molecular weight is 255 g/mol. The van der Waals surface area contributed by atoms with E-state index in [1.165, 1.54) is 12.1 Å². The van der Waals surface area contributed by atoms with E-state index in [2.05, 4.69) is 5.32 Å². The van der Waals surface area contributed by atoms with E-state index in [1.54, 1.807) is 6.92 Å². The summed E-state index contributed by atoms with van der Waals surface area (Å²) in [5.41, 5.74) is 0.691. The summed E-state index contributed by atoms with van der Waals surface area (Å²) in [6, 6.07) is 2.59. The molecule has 0 amide bonds. The molecule has 1 aromatic carbocycles. The Morgan fingerprint density at radius 1 is 1.22 bits per heavy atom. The summed E-state index contributed by atoms with van der Waals surface area (Å²) >= 11 is 0. The highest BCUT2D eigenvalue weighted by Crippen LogP contribution is 2.30. The molecule has 18 heavy (non-hydrogen) atoms. The van der Waals surface area contributed by atoms with Crippen LogP contribution in [-0.2, 0) is 0 Å². The summed E-state index contributed by atoms with van der Waals surface area (Å²) in [6.45, 7) is 8.54. The first-order valence-electron chi connectivity index (χ1n) is 6.70. The SMILES string of the molecule is CCCNC(c1c(F)ccc(C)c1F)C(C)CC. The summed E-state index contributed by atoms with van der Waals surface area (Å²) < 4.78 is 28.1. The molecule has 0 saturated heterocycles. The van der Waals surface area contributed by atoms with Crippen molar-refractivity contribution in [1.29, 1.82) is 0 Å². The molecule has 1 rings (SSSR count). The van der Waals surface area contributed by atoms with Crippen LogP contribution in [0.5, 0.6) is 0 Å². The van der Waals surface area contributed by atoms with Gasteiger partial charge in [0.05, 0.1) is 0 Å². The Kier molecular flexibility index (Phi) is 5.73. The second-order valence-corrected chi connectivity index (χ2v) is 4.91. The number of hydrogen-bond acceptors (Lipinski definition) is 1. The Labute approximate surface area is 109 Å². The molecule has 0 fully saturated rings. The number of benzene rings is 1. The summed E-state index contributed by atoms with van der Waals surface area (Å²) in [5.74, 6) is -0.668. The van der Waals surface area contributed by atoms with Crippen molar-refractivity contribution in [3.8, 4) is 0 Å². The first kappa shape index (κ1) is 15.1. The zero-order valence-corrected chi connectivity index (χ0v) is 11.7. The number of hydrogen-bond donors (Lipinski definition) is 1. The minimum absolute atomic E-state index is 0.192. The van der Waals surface area contributed by atoms with E-state index in [0.717, 1.165) is 19.4 Å². The highest BCUT2D eigenvalue weighted by Gasteiger charge is 2.24. The summed E-state index contributed by atoms with van der Waals surface area (Å²) in [6.07, 6.45) is 1.83. The lowest BCUT2D eigenvalue weighted by molar-refractivity contribution is 0.352. The standard InChI is InChI=1S/C15H23F2N/c1-5-9-18-15(10(3)6-2)13-12(16)8-7-11(4)14(13)17/h7-8,10,15,18H,5-6,9H2,1-4H3. The summed E-state index contributed by atoms with van der Waals surface area (Å²) in [4.78, 5) is 0. The van der Waals surface area contributed by atoms with E-state index in [0.29, 0.717) is 5.56 Å². The number of halogens is 2. The summed E-state index contributed by atoms with van der Waals surface area (Å²) in [5, 5.41) is 3.27. The lowest BCUT2D eigenvalue weighted by Gasteiger charge is -2.26. The van der Waals surface area contributed by atoms with Gasteiger partial charge in [0.25, 0.3) is 0 Å². The van der Waals surface area contributed by atoms with Gasteiger partial charge in [0, 0.05) is 11.6 Å². The Morgan fingerprint density at radius 2 is 1.89 bits per heavy atom. The molecule has 0 aliphatic rings. The van der Waals surface area contributed by atoms with Crippen LogP contribution in [0.2, 0.25) is 0 Å². The van der Waals surface area contributed by atoms with Gasteiger partial charge in [-0.25, -0.2) is 8.78 Å². The fraction of sp³-hybridized carbons (Fsp3) is 0.600. The summed E-state index contributed by atoms with van der Waals surface area (Å²) in [7, 11) is 0. The van der Waals surface area contributed by atoms with E-state index in [-0.39, 0.29) is 17.5 Å². The van der Waals surface area contributed by atoms with Crippen molar-refractivity contribution in [2.45, 2.75) is 46.6 Å². The lowest BCUT2D eigenvalue weighted by atomic mass is 9.90. The van der Waals surface area contributed by atoms with Gasteiger partial charge in [-0.05, 0) is 37.4 Å². The smallest absolute Gasteiger partial charge is 0.133 e. The van der Waals surface area contributed by atoms with Crippen molar-refractivity contribution in [3.63, 3.8) is 0 Å². The topological polar surface area (TPSA) is 12.0 Å². The zero-order valence-electron chi connectivity index (χ0n) is 11.7. The molecular formula is C15H23F2N. The van der Waals surface area contributed by atoms with Crippen molar-refractivity contribution in [3.05, 3.63) is 34.9 Å². The average Bonchev–Trinajstić information content (AvgIpc) is 2.37. The normalized spacial score (nSPS) is 14.6. The minimum atomic E-state index is -0.452. The predicted molar refractivity (Wildman–Crippen MR) is 71.6 cm³/mol. The van der Waals surface area contributed by atoms with E-state index in [4.69, 9.17) is 0 Å². The Bertz CT molecular complexity index is 390. The third kappa shape index (κ3) is 3.29. The minimum Gasteiger partial charge on any atom is -0.310 e. The van der Waals surface area contributed by atoms with Crippen LogP contribution in [0.25, 0.3) is 0 Å². The highest BCUT2D eigenvalue weighted by molar-refractivity contribution is 5.29. The Balaban J connectivity index is 3.15. The van der Waals surface area contributed by atoms with Crippen molar-refractivity contribution in [1.82, 2.24) is 5.32 Å². The van der Waals surface area contributed by atoms with Crippen LogP contribution >= 0.6 is 0 Å². The molecule has 2 unspecified atom stereocenters. The molecule has 0 bridgehead atoms. The van der Waals surface area contributed by atoms with Gasteiger partial charge in [-0.3, -0.25) is 0 Å². The van der Waals surface area contributed by atoms with E-state index in [9.17, 15) is 8.78 Å². The Hall–Kier alpha value is -0.960. The van der Waals surface area contributed by atoms with Gasteiger partial charge >= 0.3 is 0 Å².